The Labute approximate surface area is 199 Å². The molecule has 1 aromatic rings. The quantitative estimate of drug-likeness (QED) is 0.642. The van der Waals surface area contributed by atoms with Crippen molar-refractivity contribution in [3.05, 3.63) is 34.9 Å². The second-order valence-corrected chi connectivity index (χ2v) is 11.3. The number of nitrogens with one attached hydrogen (secondary N) is 1. The first-order valence-corrected chi connectivity index (χ1v) is 13.0. The first-order valence-electron chi connectivity index (χ1n) is 11.3. The number of carbonyl (C=O) groups is 2. The number of piperidine rings is 1. The molecule has 0 bridgehead atoms. The van der Waals surface area contributed by atoms with Gasteiger partial charge in [-0.15, -0.1) is 0 Å². The Morgan fingerprint density at radius 1 is 1.12 bits per heavy atom. The van der Waals surface area contributed by atoms with Crippen LogP contribution in [0.4, 0.5) is 0 Å². The van der Waals surface area contributed by atoms with Crippen molar-refractivity contribution in [2.24, 2.45) is 11.8 Å². The van der Waals surface area contributed by atoms with Gasteiger partial charge in [-0.2, -0.15) is 22.3 Å². The molecule has 3 heterocycles. The van der Waals surface area contributed by atoms with Crippen LogP contribution in [0.2, 0.25) is 5.02 Å². The van der Waals surface area contributed by atoms with Crippen LogP contribution in [0.1, 0.15) is 31.2 Å². The molecular formula is C22H28ClN5O4S. The fourth-order valence-electron chi connectivity index (χ4n) is 4.72. The number of benzene rings is 1. The lowest BCUT2D eigenvalue weighted by atomic mass is 9.97. The normalized spacial score (nSPS) is 24.8. The molecule has 1 aromatic carbocycles. The van der Waals surface area contributed by atoms with Crippen LogP contribution in [0, 0.1) is 23.2 Å². The van der Waals surface area contributed by atoms with Gasteiger partial charge in [-0.25, -0.2) is 0 Å². The molecule has 3 fully saturated rings. The van der Waals surface area contributed by atoms with E-state index in [1.807, 2.05) is 12.1 Å². The molecule has 0 spiro atoms. The van der Waals surface area contributed by atoms with E-state index in [1.54, 1.807) is 17.0 Å². The lowest BCUT2D eigenvalue weighted by Crippen LogP contribution is -2.57. The summed E-state index contributed by atoms with van der Waals surface area (Å²) in [6, 6.07) is 8.78. The average molecular weight is 494 g/mol. The van der Waals surface area contributed by atoms with Crippen LogP contribution < -0.4 is 5.32 Å². The molecule has 0 unspecified atom stereocenters. The van der Waals surface area contributed by atoms with Crippen LogP contribution in [-0.4, -0.2) is 72.5 Å². The molecule has 11 heteroatoms. The minimum Gasteiger partial charge on any atom is -0.350 e. The summed E-state index contributed by atoms with van der Waals surface area (Å²) in [7, 11) is -3.68. The Bertz CT molecular complexity index is 1050. The molecule has 4 rings (SSSR count). The van der Waals surface area contributed by atoms with Crippen molar-refractivity contribution in [2.75, 3.05) is 32.7 Å². The van der Waals surface area contributed by atoms with Crippen molar-refractivity contribution in [1.29, 1.82) is 5.26 Å². The van der Waals surface area contributed by atoms with E-state index < -0.39 is 22.2 Å². The van der Waals surface area contributed by atoms with Crippen LogP contribution in [0.3, 0.4) is 0 Å². The Kier molecular flexibility index (Phi) is 7.24. The number of likely N-dealkylation sites (tertiary alicyclic amines) is 1. The zero-order valence-electron chi connectivity index (χ0n) is 18.3. The van der Waals surface area contributed by atoms with Gasteiger partial charge < -0.3 is 10.2 Å². The van der Waals surface area contributed by atoms with Gasteiger partial charge in [0.1, 0.15) is 6.04 Å². The first kappa shape index (κ1) is 24.0. The predicted octanol–water partition coefficient (Wildman–Crippen LogP) is 1.36. The van der Waals surface area contributed by atoms with Gasteiger partial charge in [-0.3, -0.25) is 9.59 Å². The third-order valence-electron chi connectivity index (χ3n) is 6.61. The van der Waals surface area contributed by atoms with Gasteiger partial charge in [0.2, 0.25) is 11.8 Å². The second-order valence-electron chi connectivity index (χ2n) is 8.89. The zero-order valence-corrected chi connectivity index (χ0v) is 19.9. The van der Waals surface area contributed by atoms with Crippen LogP contribution >= 0.6 is 11.6 Å². The third kappa shape index (κ3) is 5.17. The molecule has 0 aliphatic carbocycles. The van der Waals surface area contributed by atoms with Gasteiger partial charge in [0.25, 0.3) is 10.2 Å². The average Bonchev–Trinajstić information content (AvgIpc) is 3.26. The van der Waals surface area contributed by atoms with Gasteiger partial charge in [0.05, 0.1) is 17.9 Å². The van der Waals surface area contributed by atoms with E-state index in [4.69, 9.17) is 16.9 Å². The highest BCUT2D eigenvalue weighted by atomic mass is 35.5. The highest BCUT2D eigenvalue weighted by Crippen LogP contribution is 2.29. The molecule has 3 saturated heterocycles. The van der Waals surface area contributed by atoms with E-state index >= 15 is 0 Å². The summed E-state index contributed by atoms with van der Waals surface area (Å²) in [6.45, 7) is 1.70. The van der Waals surface area contributed by atoms with Gasteiger partial charge in [-0.05, 0) is 43.4 Å². The van der Waals surface area contributed by atoms with E-state index in [-0.39, 0.29) is 37.4 Å². The Balaban J connectivity index is 1.36. The number of nitrogens with zero attached hydrogens (tertiary/aromatic N) is 4. The summed E-state index contributed by atoms with van der Waals surface area (Å²) in [5.41, 5.74) is 0.879. The monoisotopic (exact) mass is 493 g/mol. The number of nitriles is 1. The van der Waals surface area contributed by atoms with Gasteiger partial charge in [0.15, 0.2) is 0 Å². The molecule has 3 aliphatic rings. The Morgan fingerprint density at radius 2 is 1.88 bits per heavy atom. The van der Waals surface area contributed by atoms with E-state index in [1.165, 1.54) is 8.61 Å². The molecule has 2 atom stereocenters. The van der Waals surface area contributed by atoms with E-state index in [0.717, 1.165) is 12.0 Å². The van der Waals surface area contributed by atoms with Crippen molar-refractivity contribution < 1.29 is 18.0 Å². The molecule has 2 amide bonds. The number of hydrogen-bond acceptors (Lipinski definition) is 5. The maximum atomic E-state index is 13.3. The minimum absolute atomic E-state index is 0.113. The highest BCUT2D eigenvalue weighted by molar-refractivity contribution is 7.86. The van der Waals surface area contributed by atoms with Crippen LogP contribution in [0.25, 0.3) is 0 Å². The molecular weight excluding hydrogens is 466 g/mol. The standard InChI is InChI=1S/C22H28ClN5O4S/c23-19-6-1-4-16(10-19)12-25-21(29)20-7-3-9-28(20)22(30)18-5-2-8-26(15-18)33(31,32)27-13-17(11-24)14-27/h1,4,6,10,17-18,20H,2-3,5,7-9,12-15H2,(H,25,29)/t18-,20+/m0/s1. The van der Waals surface area contributed by atoms with Gasteiger partial charge in [0, 0.05) is 44.3 Å². The lowest BCUT2D eigenvalue weighted by molar-refractivity contribution is -0.142. The first-order chi connectivity index (χ1) is 15.8. The topological polar surface area (TPSA) is 114 Å². The SMILES string of the molecule is N#CC1CN(S(=O)(=O)N2CCC[C@H](C(=O)N3CCC[C@@H]3C(=O)NCc3cccc(Cl)c3)C2)C1. The molecule has 178 valence electrons. The zero-order chi connectivity index (χ0) is 23.6. The summed E-state index contributed by atoms with van der Waals surface area (Å²) in [5.74, 6) is -1.10. The van der Waals surface area contributed by atoms with Crippen molar-refractivity contribution >= 4 is 33.6 Å². The highest BCUT2D eigenvalue weighted by Gasteiger charge is 2.44. The smallest absolute Gasteiger partial charge is 0.282 e. The maximum absolute atomic E-state index is 13.3. The van der Waals surface area contributed by atoms with Crippen molar-refractivity contribution in [1.82, 2.24) is 18.8 Å². The minimum atomic E-state index is -3.68. The number of amides is 2. The lowest BCUT2D eigenvalue weighted by Gasteiger charge is -2.41. The summed E-state index contributed by atoms with van der Waals surface area (Å²) in [6.07, 6.45) is 2.51. The van der Waals surface area contributed by atoms with Crippen LogP contribution in [0.5, 0.6) is 0 Å². The summed E-state index contributed by atoms with van der Waals surface area (Å²) in [4.78, 5) is 27.8. The van der Waals surface area contributed by atoms with Crippen molar-refractivity contribution in [2.45, 2.75) is 38.3 Å². The number of hydrogen-bond donors (Lipinski definition) is 1. The molecule has 3 aliphatic heterocycles. The van der Waals surface area contributed by atoms with Crippen molar-refractivity contribution in [3.63, 3.8) is 0 Å². The van der Waals surface area contributed by atoms with Gasteiger partial charge in [-0.1, -0.05) is 23.7 Å². The molecule has 0 aromatic heterocycles. The second kappa shape index (κ2) is 9.97. The van der Waals surface area contributed by atoms with Crippen molar-refractivity contribution in [3.8, 4) is 6.07 Å². The fourth-order valence-corrected chi connectivity index (χ4v) is 6.72. The third-order valence-corrected chi connectivity index (χ3v) is 8.78. The molecule has 33 heavy (non-hydrogen) atoms. The molecule has 1 N–H and O–H groups in total. The number of halogens is 1. The van der Waals surface area contributed by atoms with E-state index in [9.17, 15) is 18.0 Å². The fraction of sp³-hybridized carbons (Fsp3) is 0.591. The van der Waals surface area contributed by atoms with E-state index in [0.29, 0.717) is 43.9 Å². The molecule has 9 nitrogen and oxygen atoms in total. The van der Waals surface area contributed by atoms with Crippen LogP contribution in [-0.2, 0) is 26.3 Å². The summed E-state index contributed by atoms with van der Waals surface area (Å²) in [5, 5.41) is 12.4. The van der Waals surface area contributed by atoms with Gasteiger partial charge >= 0.3 is 0 Å². The number of rotatable bonds is 6. The Morgan fingerprint density at radius 3 is 2.61 bits per heavy atom. The maximum Gasteiger partial charge on any atom is 0.282 e. The van der Waals surface area contributed by atoms with E-state index in [2.05, 4.69) is 11.4 Å². The Hall–Kier alpha value is -2.19. The predicted molar refractivity (Wildman–Crippen MR) is 122 cm³/mol. The molecule has 0 saturated carbocycles. The largest absolute Gasteiger partial charge is 0.350 e. The van der Waals surface area contributed by atoms with Crippen LogP contribution in [0.15, 0.2) is 24.3 Å². The number of carbonyl (C=O) groups excluding carboxylic acids is 2. The summed E-state index contributed by atoms with van der Waals surface area (Å²) < 4.78 is 28.4. The summed E-state index contributed by atoms with van der Waals surface area (Å²) >= 11 is 6.00. The molecule has 0 radical (unpaired) electrons.